The highest BCUT2D eigenvalue weighted by Gasteiger charge is 2.22. The van der Waals surface area contributed by atoms with E-state index in [1.165, 1.54) is 36.9 Å². The van der Waals surface area contributed by atoms with Crippen LogP contribution in [0.2, 0.25) is 0 Å². The molecule has 0 bridgehead atoms. The molecule has 1 N–H and O–H groups in total. The van der Waals surface area contributed by atoms with Gasteiger partial charge >= 0.3 is 5.97 Å². The topological polar surface area (TPSA) is 42.1 Å². The molecule has 2 rings (SSSR count). The number of aromatic nitrogens is 1. The van der Waals surface area contributed by atoms with Gasteiger partial charge in [0.15, 0.2) is 0 Å². The molecule has 1 heterocycles. The molecule has 1 aromatic rings. The number of carbonyl (C=O) groups excluding carboxylic acids is 1. The van der Waals surface area contributed by atoms with Crippen LogP contribution < -0.4 is 0 Å². The van der Waals surface area contributed by atoms with Crippen molar-refractivity contribution in [2.45, 2.75) is 52.4 Å². The molecular weight excluding hydrogens is 214 g/mol. The summed E-state index contributed by atoms with van der Waals surface area (Å²) in [7, 11) is 0. The molecule has 1 aromatic heterocycles. The molecule has 3 heteroatoms. The van der Waals surface area contributed by atoms with Gasteiger partial charge in [0, 0.05) is 11.4 Å². The molecule has 0 radical (unpaired) electrons. The van der Waals surface area contributed by atoms with E-state index in [-0.39, 0.29) is 5.97 Å². The molecule has 1 aliphatic rings. The predicted octanol–water partition coefficient (Wildman–Crippen LogP) is 3.16. The number of hydrogen-bond acceptors (Lipinski definition) is 2. The number of fused-ring (bicyclic) bond motifs is 1. The first-order chi connectivity index (χ1) is 8.24. The number of nitrogens with one attached hydrogen (secondary N) is 1. The van der Waals surface area contributed by atoms with Crippen molar-refractivity contribution < 1.29 is 9.53 Å². The Labute approximate surface area is 103 Å². The summed E-state index contributed by atoms with van der Waals surface area (Å²) in [5.41, 5.74) is 4.23. The van der Waals surface area contributed by atoms with Crippen LogP contribution in [0, 0.1) is 6.92 Å². The summed E-state index contributed by atoms with van der Waals surface area (Å²) < 4.78 is 5.15. The lowest BCUT2D eigenvalue weighted by Gasteiger charge is -2.11. The van der Waals surface area contributed by atoms with Crippen molar-refractivity contribution in [3.63, 3.8) is 0 Å². The number of carbonyl (C=O) groups is 1. The van der Waals surface area contributed by atoms with Crippen LogP contribution in [0.1, 0.15) is 59.9 Å². The van der Waals surface area contributed by atoms with Crippen molar-refractivity contribution in [3.8, 4) is 0 Å². The summed E-state index contributed by atoms with van der Waals surface area (Å²) in [6, 6.07) is 0. The highest BCUT2D eigenvalue weighted by atomic mass is 16.5. The van der Waals surface area contributed by atoms with E-state index in [0.717, 1.165) is 24.1 Å². The summed E-state index contributed by atoms with van der Waals surface area (Å²) in [6.07, 6.45) is 7.04. The Bertz CT molecular complexity index is 407. The summed E-state index contributed by atoms with van der Waals surface area (Å²) >= 11 is 0. The third kappa shape index (κ3) is 2.54. The highest BCUT2D eigenvalue weighted by Crippen LogP contribution is 2.26. The van der Waals surface area contributed by atoms with Gasteiger partial charge in [0.2, 0.25) is 0 Å². The van der Waals surface area contributed by atoms with Crippen molar-refractivity contribution in [3.05, 3.63) is 22.5 Å². The maximum atomic E-state index is 12.0. The minimum absolute atomic E-state index is 0.164. The number of rotatable bonds is 2. The van der Waals surface area contributed by atoms with Crippen LogP contribution in [0.5, 0.6) is 0 Å². The molecule has 94 valence electrons. The van der Waals surface area contributed by atoms with Gasteiger partial charge in [-0.25, -0.2) is 4.79 Å². The number of aryl methyl sites for hydroxylation is 2. The Kier molecular flexibility index (Phi) is 3.87. The fourth-order valence-electron chi connectivity index (χ4n) is 2.67. The Hall–Kier alpha value is -1.25. The molecular formula is C14H21NO2. The molecule has 0 unspecified atom stereocenters. The molecule has 1 aliphatic carbocycles. The van der Waals surface area contributed by atoms with Crippen molar-refractivity contribution >= 4 is 5.97 Å². The predicted molar refractivity (Wildman–Crippen MR) is 67.4 cm³/mol. The lowest BCUT2D eigenvalue weighted by molar-refractivity contribution is 0.0524. The van der Waals surface area contributed by atoms with Crippen LogP contribution in [-0.4, -0.2) is 17.6 Å². The molecule has 0 aromatic carbocycles. The summed E-state index contributed by atoms with van der Waals surface area (Å²) in [6.45, 7) is 4.26. The van der Waals surface area contributed by atoms with Gasteiger partial charge < -0.3 is 9.72 Å². The van der Waals surface area contributed by atoms with Crippen LogP contribution >= 0.6 is 0 Å². The molecule has 0 amide bonds. The Balaban J connectivity index is 2.34. The maximum Gasteiger partial charge on any atom is 0.340 e. The summed E-state index contributed by atoms with van der Waals surface area (Å²) in [5, 5.41) is 0. The zero-order valence-electron chi connectivity index (χ0n) is 10.8. The first kappa shape index (κ1) is 12.2. The highest BCUT2D eigenvalue weighted by molar-refractivity contribution is 5.93. The van der Waals surface area contributed by atoms with Crippen molar-refractivity contribution in [2.75, 3.05) is 6.61 Å². The Morgan fingerprint density at radius 2 is 1.94 bits per heavy atom. The SMILES string of the molecule is CCOC(=O)c1c(C)[nH]c2c1CCCCCC2. The van der Waals surface area contributed by atoms with E-state index in [1.807, 2.05) is 13.8 Å². The van der Waals surface area contributed by atoms with Gasteiger partial charge in [0.1, 0.15) is 0 Å². The molecule has 0 saturated carbocycles. The third-order valence-corrected chi connectivity index (χ3v) is 3.46. The lowest BCUT2D eigenvalue weighted by Crippen LogP contribution is -2.09. The van der Waals surface area contributed by atoms with E-state index in [9.17, 15) is 4.79 Å². The molecule has 0 aliphatic heterocycles. The van der Waals surface area contributed by atoms with Gasteiger partial charge in [-0.2, -0.15) is 0 Å². The van der Waals surface area contributed by atoms with Crippen LogP contribution in [0.4, 0.5) is 0 Å². The normalized spacial score (nSPS) is 15.9. The van der Waals surface area contributed by atoms with E-state index in [1.54, 1.807) is 0 Å². The number of H-pyrrole nitrogens is 1. The van der Waals surface area contributed by atoms with Crippen molar-refractivity contribution in [2.24, 2.45) is 0 Å². The first-order valence-electron chi connectivity index (χ1n) is 6.61. The van der Waals surface area contributed by atoms with Crippen LogP contribution in [0.15, 0.2) is 0 Å². The minimum Gasteiger partial charge on any atom is -0.462 e. The smallest absolute Gasteiger partial charge is 0.340 e. The first-order valence-corrected chi connectivity index (χ1v) is 6.61. The van der Waals surface area contributed by atoms with E-state index in [2.05, 4.69) is 4.98 Å². The zero-order chi connectivity index (χ0) is 12.3. The second kappa shape index (κ2) is 5.39. The van der Waals surface area contributed by atoms with E-state index in [0.29, 0.717) is 6.61 Å². The number of hydrogen-bond donors (Lipinski definition) is 1. The fourth-order valence-corrected chi connectivity index (χ4v) is 2.67. The van der Waals surface area contributed by atoms with Gasteiger partial charge in [0.25, 0.3) is 0 Å². The average molecular weight is 235 g/mol. The van der Waals surface area contributed by atoms with Crippen LogP contribution in [0.25, 0.3) is 0 Å². The Morgan fingerprint density at radius 1 is 1.24 bits per heavy atom. The van der Waals surface area contributed by atoms with E-state index >= 15 is 0 Å². The van der Waals surface area contributed by atoms with Gasteiger partial charge in [0.05, 0.1) is 12.2 Å². The molecule has 3 nitrogen and oxygen atoms in total. The van der Waals surface area contributed by atoms with Crippen LogP contribution in [0.3, 0.4) is 0 Å². The van der Waals surface area contributed by atoms with Crippen LogP contribution in [-0.2, 0) is 17.6 Å². The quantitative estimate of drug-likeness (QED) is 0.800. The molecule has 0 saturated heterocycles. The number of aromatic amines is 1. The monoisotopic (exact) mass is 235 g/mol. The van der Waals surface area contributed by atoms with Crippen molar-refractivity contribution in [1.29, 1.82) is 0 Å². The second-order valence-corrected chi connectivity index (χ2v) is 4.72. The summed E-state index contributed by atoms with van der Waals surface area (Å²) in [4.78, 5) is 15.3. The molecule has 17 heavy (non-hydrogen) atoms. The lowest BCUT2D eigenvalue weighted by atomic mass is 9.96. The minimum atomic E-state index is -0.164. The molecule has 0 fully saturated rings. The summed E-state index contributed by atoms with van der Waals surface area (Å²) in [5.74, 6) is -0.164. The fraction of sp³-hybridized carbons (Fsp3) is 0.643. The van der Waals surface area contributed by atoms with Gasteiger partial charge in [-0.15, -0.1) is 0 Å². The van der Waals surface area contributed by atoms with Gasteiger partial charge in [-0.1, -0.05) is 12.8 Å². The zero-order valence-corrected chi connectivity index (χ0v) is 10.8. The standard InChI is InChI=1S/C14H21NO2/c1-3-17-14(16)13-10(2)15-12-9-7-5-4-6-8-11(12)13/h15H,3-9H2,1-2H3. The maximum absolute atomic E-state index is 12.0. The van der Waals surface area contributed by atoms with Crippen molar-refractivity contribution in [1.82, 2.24) is 4.98 Å². The molecule has 0 atom stereocenters. The second-order valence-electron chi connectivity index (χ2n) is 4.72. The largest absolute Gasteiger partial charge is 0.462 e. The average Bonchev–Trinajstić information content (AvgIpc) is 2.55. The Morgan fingerprint density at radius 3 is 2.65 bits per heavy atom. The number of esters is 1. The molecule has 0 spiro atoms. The van der Waals surface area contributed by atoms with Gasteiger partial charge in [-0.05, 0) is 45.1 Å². The third-order valence-electron chi connectivity index (χ3n) is 3.46. The van der Waals surface area contributed by atoms with E-state index < -0.39 is 0 Å². The van der Waals surface area contributed by atoms with Gasteiger partial charge in [-0.3, -0.25) is 0 Å². The number of ether oxygens (including phenoxy) is 1. The van der Waals surface area contributed by atoms with E-state index in [4.69, 9.17) is 4.74 Å².